The number of amides is 1. The van der Waals surface area contributed by atoms with Crippen molar-refractivity contribution in [3.63, 3.8) is 0 Å². The average molecular weight is 392 g/mol. The highest BCUT2D eigenvalue weighted by molar-refractivity contribution is 8.00. The molecule has 2 aliphatic rings. The molecule has 3 rings (SSSR count). The number of esters is 3. The third kappa shape index (κ3) is 3.96. The van der Waals surface area contributed by atoms with Crippen LogP contribution in [0.4, 0.5) is 0 Å². The van der Waals surface area contributed by atoms with Crippen molar-refractivity contribution < 1.29 is 33.4 Å². The fourth-order valence-electron chi connectivity index (χ4n) is 2.53. The van der Waals surface area contributed by atoms with Gasteiger partial charge >= 0.3 is 17.9 Å². The smallest absolute Gasteiger partial charge is 0.343 e. The Bertz CT molecular complexity index is 867. The summed E-state index contributed by atoms with van der Waals surface area (Å²) in [5, 5.41) is -0.140. The van der Waals surface area contributed by atoms with Gasteiger partial charge in [0.25, 0.3) is 0 Å². The van der Waals surface area contributed by atoms with E-state index in [2.05, 4.69) is 0 Å². The first kappa shape index (κ1) is 18.9. The lowest BCUT2D eigenvalue weighted by Crippen LogP contribution is -2.66. The van der Waals surface area contributed by atoms with Crippen LogP contribution in [-0.2, 0) is 19.1 Å². The summed E-state index contributed by atoms with van der Waals surface area (Å²) in [6.07, 6.45) is 1.46. The first-order valence-corrected chi connectivity index (χ1v) is 8.94. The number of rotatable bonds is 4. The molecule has 0 aliphatic carbocycles. The number of carbonyl (C=O) groups excluding carboxylic acids is 4. The second-order valence-corrected chi connectivity index (χ2v) is 6.91. The van der Waals surface area contributed by atoms with Gasteiger partial charge in [0.05, 0.1) is 11.3 Å². The van der Waals surface area contributed by atoms with Gasteiger partial charge in [0.1, 0.15) is 17.2 Å². The van der Waals surface area contributed by atoms with Gasteiger partial charge in [0, 0.05) is 20.0 Å². The van der Waals surface area contributed by atoms with Gasteiger partial charge in [-0.1, -0.05) is 0 Å². The van der Waals surface area contributed by atoms with E-state index in [-0.39, 0.29) is 28.3 Å². The molecule has 0 aromatic heterocycles. The van der Waals surface area contributed by atoms with Crippen LogP contribution in [0.3, 0.4) is 0 Å². The number of hydrogen-bond acceptors (Lipinski definition) is 9. The lowest BCUT2D eigenvalue weighted by molar-refractivity contribution is -0.140. The summed E-state index contributed by atoms with van der Waals surface area (Å²) in [6.45, 7) is 2.38. The summed E-state index contributed by atoms with van der Waals surface area (Å²) in [5.74, 6) is -1.57. The van der Waals surface area contributed by atoms with Crippen molar-refractivity contribution in [2.45, 2.75) is 25.3 Å². The molecule has 0 radical (unpaired) electrons. The van der Waals surface area contributed by atoms with E-state index in [1.807, 2.05) is 0 Å². The van der Waals surface area contributed by atoms with E-state index in [1.165, 1.54) is 54.9 Å². The standard InChI is InChI=1S/C17H16N2O7S/c1-8(20)24-12-4-3-10(5-13(12)25-9(2)21)17(23)26-11-6-19-15(22)14(18)16(19)27-7-11/h3-6,14,16H,7,18H2,1-2H3/t14?,16-/m1/s1. The molecule has 2 heterocycles. The quantitative estimate of drug-likeness (QED) is 0.449. The molecule has 1 unspecified atom stereocenters. The third-order valence-electron chi connectivity index (χ3n) is 3.71. The lowest BCUT2D eigenvalue weighted by atomic mass is 10.1. The topological polar surface area (TPSA) is 125 Å². The number of carbonyl (C=O) groups is 4. The number of ether oxygens (including phenoxy) is 3. The van der Waals surface area contributed by atoms with Crippen molar-refractivity contribution in [1.29, 1.82) is 0 Å². The van der Waals surface area contributed by atoms with Crippen LogP contribution in [0.25, 0.3) is 0 Å². The predicted molar refractivity (Wildman–Crippen MR) is 93.6 cm³/mol. The lowest BCUT2D eigenvalue weighted by Gasteiger charge is -2.45. The summed E-state index contributed by atoms with van der Waals surface area (Å²) in [7, 11) is 0. The zero-order valence-corrected chi connectivity index (χ0v) is 15.3. The maximum Gasteiger partial charge on any atom is 0.343 e. The minimum atomic E-state index is -0.708. The van der Waals surface area contributed by atoms with Crippen LogP contribution >= 0.6 is 11.8 Å². The van der Waals surface area contributed by atoms with E-state index in [4.69, 9.17) is 19.9 Å². The largest absolute Gasteiger partial charge is 0.425 e. The fourth-order valence-corrected chi connectivity index (χ4v) is 3.65. The molecule has 2 N–H and O–H groups in total. The summed E-state index contributed by atoms with van der Waals surface area (Å²) in [5.41, 5.74) is 5.78. The van der Waals surface area contributed by atoms with E-state index in [1.54, 1.807) is 0 Å². The van der Waals surface area contributed by atoms with Crippen molar-refractivity contribution in [1.82, 2.24) is 4.90 Å². The highest BCUT2D eigenvalue weighted by Crippen LogP contribution is 2.36. The van der Waals surface area contributed by atoms with Crippen molar-refractivity contribution in [2.24, 2.45) is 5.73 Å². The zero-order valence-electron chi connectivity index (χ0n) is 14.5. The number of fused-ring (bicyclic) bond motifs is 1. The third-order valence-corrected chi connectivity index (χ3v) is 5.02. The number of nitrogens with zero attached hydrogens (tertiary/aromatic N) is 1. The Morgan fingerprint density at radius 1 is 1.11 bits per heavy atom. The SMILES string of the molecule is CC(=O)Oc1ccc(C(=O)OC2=CN3C(=O)C(N)[C@H]3SC2)cc1OC(C)=O. The molecule has 1 fully saturated rings. The van der Waals surface area contributed by atoms with Crippen LogP contribution < -0.4 is 15.2 Å². The Kier molecular flexibility index (Phi) is 5.19. The summed E-state index contributed by atoms with van der Waals surface area (Å²) >= 11 is 1.40. The van der Waals surface area contributed by atoms with Crippen molar-refractivity contribution >= 4 is 35.6 Å². The maximum absolute atomic E-state index is 12.4. The maximum atomic E-state index is 12.4. The Hall–Kier alpha value is -2.85. The Balaban J connectivity index is 1.76. The van der Waals surface area contributed by atoms with Gasteiger partial charge in [-0.3, -0.25) is 19.3 Å². The highest BCUT2D eigenvalue weighted by atomic mass is 32.2. The number of hydrogen-bond donors (Lipinski definition) is 1. The molecular formula is C17H16N2O7S. The molecule has 0 saturated carbocycles. The Labute approximate surface area is 158 Å². The van der Waals surface area contributed by atoms with E-state index < -0.39 is 23.9 Å². The molecule has 1 saturated heterocycles. The average Bonchev–Trinajstić information content (AvgIpc) is 2.61. The van der Waals surface area contributed by atoms with Crippen molar-refractivity contribution in [3.05, 3.63) is 35.7 Å². The number of nitrogens with two attached hydrogens (primary N) is 1. The van der Waals surface area contributed by atoms with E-state index in [0.29, 0.717) is 11.5 Å². The zero-order chi connectivity index (χ0) is 19.7. The number of benzene rings is 1. The predicted octanol–water partition coefficient (Wildman–Crippen LogP) is 0.778. The first-order valence-electron chi connectivity index (χ1n) is 7.89. The van der Waals surface area contributed by atoms with Gasteiger partial charge in [0.15, 0.2) is 11.5 Å². The summed E-state index contributed by atoms with van der Waals surface area (Å²) in [4.78, 5) is 47.9. The molecule has 10 heteroatoms. The monoisotopic (exact) mass is 392 g/mol. The molecule has 1 amide bonds. The van der Waals surface area contributed by atoms with Gasteiger partial charge in [-0.15, -0.1) is 11.8 Å². The number of thioether (sulfide) groups is 1. The molecule has 1 aromatic rings. The first-order chi connectivity index (χ1) is 12.8. The van der Waals surface area contributed by atoms with Crippen LogP contribution in [0.15, 0.2) is 30.2 Å². The van der Waals surface area contributed by atoms with Gasteiger partial charge in [0.2, 0.25) is 5.91 Å². The Morgan fingerprint density at radius 3 is 2.44 bits per heavy atom. The molecule has 142 valence electrons. The molecule has 1 aromatic carbocycles. The van der Waals surface area contributed by atoms with Crippen molar-refractivity contribution in [2.75, 3.05) is 5.75 Å². The van der Waals surface area contributed by atoms with Gasteiger partial charge < -0.3 is 19.9 Å². The molecule has 2 atom stereocenters. The second-order valence-electron chi connectivity index (χ2n) is 5.81. The van der Waals surface area contributed by atoms with Crippen molar-refractivity contribution in [3.8, 4) is 11.5 Å². The molecule has 0 bridgehead atoms. The normalized spacial score (nSPS) is 20.8. The van der Waals surface area contributed by atoms with Gasteiger partial charge in [-0.05, 0) is 18.2 Å². The van der Waals surface area contributed by atoms with E-state index in [9.17, 15) is 19.2 Å². The highest BCUT2D eigenvalue weighted by Gasteiger charge is 2.46. The van der Waals surface area contributed by atoms with Gasteiger partial charge in [-0.2, -0.15) is 0 Å². The molecule has 9 nitrogen and oxygen atoms in total. The van der Waals surface area contributed by atoms with Crippen LogP contribution in [0.2, 0.25) is 0 Å². The molecule has 0 spiro atoms. The minimum absolute atomic E-state index is 0.00435. The summed E-state index contributed by atoms with van der Waals surface area (Å²) < 4.78 is 15.2. The Morgan fingerprint density at radius 2 is 1.78 bits per heavy atom. The van der Waals surface area contributed by atoms with Crippen LogP contribution in [-0.4, -0.2) is 45.9 Å². The second kappa shape index (κ2) is 7.41. The van der Waals surface area contributed by atoms with Crippen LogP contribution in [0, 0.1) is 0 Å². The van der Waals surface area contributed by atoms with E-state index >= 15 is 0 Å². The minimum Gasteiger partial charge on any atom is -0.425 e. The fraction of sp³-hybridized carbons (Fsp3) is 0.294. The van der Waals surface area contributed by atoms with Crippen LogP contribution in [0.5, 0.6) is 11.5 Å². The summed E-state index contributed by atoms with van der Waals surface area (Å²) in [6, 6.07) is 3.40. The van der Waals surface area contributed by atoms with Gasteiger partial charge in [-0.25, -0.2) is 4.79 Å². The molecule has 27 heavy (non-hydrogen) atoms. The van der Waals surface area contributed by atoms with Crippen LogP contribution in [0.1, 0.15) is 24.2 Å². The number of β-lactam (4-membered cyclic amide) rings is 1. The molecule has 2 aliphatic heterocycles. The molecular weight excluding hydrogens is 376 g/mol. The van der Waals surface area contributed by atoms with E-state index in [0.717, 1.165) is 0 Å².